The first-order chi connectivity index (χ1) is 9.76. The quantitative estimate of drug-likeness (QED) is 0.908. The Labute approximate surface area is 124 Å². The van der Waals surface area contributed by atoms with Crippen LogP contribution in [0.5, 0.6) is 5.75 Å². The molecule has 1 N–H and O–H groups in total. The lowest BCUT2D eigenvalue weighted by Crippen LogP contribution is -2.27. The van der Waals surface area contributed by atoms with Gasteiger partial charge in [-0.1, -0.05) is 35.9 Å². The number of fused-ring (bicyclic) bond motifs is 1. The molecule has 2 aromatic carbocycles. The fourth-order valence-electron chi connectivity index (χ4n) is 2.83. The van der Waals surface area contributed by atoms with Crippen LogP contribution in [0, 0.1) is 0 Å². The lowest BCUT2D eigenvalue weighted by molar-refractivity contribution is 0.415. The molecule has 2 aromatic rings. The second kappa shape index (κ2) is 5.76. The molecule has 3 rings (SSSR count). The van der Waals surface area contributed by atoms with Gasteiger partial charge in [0.25, 0.3) is 0 Å². The monoisotopic (exact) mass is 287 g/mol. The molecule has 0 saturated heterocycles. The van der Waals surface area contributed by atoms with E-state index in [1.165, 1.54) is 11.1 Å². The summed E-state index contributed by atoms with van der Waals surface area (Å²) in [6, 6.07) is 14.8. The van der Waals surface area contributed by atoms with Crippen LogP contribution in [0.15, 0.2) is 42.5 Å². The average Bonchev–Trinajstić information content (AvgIpc) is 2.47. The van der Waals surface area contributed by atoms with Crippen LogP contribution >= 0.6 is 11.6 Å². The third-order valence-electron chi connectivity index (χ3n) is 3.87. The van der Waals surface area contributed by atoms with Gasteiger partial charge >= 0.3 is 0 Å². The SMILES string of the molecule is COc1ccc(Cl)cc1NC1CCc2ccccc2C1. The summed E-state index contributed by atoms with van der Waals surface area (Å²) in [5.74, 6) is 0.841. The number of nitrogens with one attached hydrogen (secondary N) is 1. The zero-order valence-electron chi connectivity index (χ0n) is 11.5. The lowest BCUT2D eigenvalue weighted by atomic mass is 9.88. The number of hydrogen-bond acceptors (Lipinski definition) is 2. The van der Waals surface area contributed by atoms with Gasteiger partial charge in [-0.15, -0.1) is 0 Å². The van der Waals surface area contributed by atoms with Gasteiger partial charge in [0, 0.05) is 11.1 Å². The van der Waals surface area contributed by atoms with Crippen molar-refractivity contribution in [2.24, 2.45) is 0 Å². The Kier molecular flexibility index (Phi) is 3.83. The molecule has 0 aliphatic heterocycles. The van der Waals surface area contributed by atoms with Crippen molar-refractivity contribution in [1.82, 2.24) is 0 Å². The smallest absolute Gasteiger partial charge is 0.142 e. The Bertz CT molecular complexity index is 612. The predicted molar refractivity (Wildman–Crippen MR) is 83.9 cm³/mol. The Morgan fingerprint density at radius 2 is 1.95 bits per heavy atom. The molecule has 2 nitrogen and oxygen atoms in total. The van der Waals surface area contributed by atoms with Gasteiger partial charge in [0.15, 0.2) is 0 Å². The highest BCUT2D eigenvalue weighted by Gasteiger charge is 2.19. The molecule has 0 heterocycles. The number of benzene rings is 2. The first-order valence-corrected chi connectivity index (χ1v) is 7.31. The van der Waals surface area contributed by atoms with Crippen molar-refractivity contribution < 1.29 is 4.74 Å². The zero-order chi connectivity index (χ0) is 13.9. The highest BCUT2D eigenvalue weighted by atomic mass is 35.5. The van der Waals surface area contributed by atoms with Crippen molar-refractivity contribution >= 4 is 17.3 Å². The largest absolute Gasteiger partial charge is 0.495 e. The van der Waals surface area contributed by atoms with Crippen molar-refractivity contribution in [3.63, 3.8) is 0 Å². The Morgan fingerprint density at radius 1 is 1.15 bits per heavy atom. The average molecular weight is 288 g/mol. The fraction of sp³-hybridized carbons (Fsp3) is 0.294. The molecular weight excluding hydrogens is 270 g/mol. The minimum Gasteiger partial charge on any atom is -0.495 e. The summed E-state index contributed by atoms with van der Waals surface area (Å²) >= 11 is 6.08. The van der Waals surface area contributed by atoms with Crippen molar-refractivity contribution in [1.29, 1.82) is 0 Å². The van der Waals surface area contributed by atoms with E-state index in [-0.39, 0.29) is 0 Å². The molecule has 0 radical (unpaired) electrons. The van der Waals surface area contributed by atoms with E-state index < -0.39 is 0 Å². The molecular formula is C17H18ClNO. The molecule has 0 fully saturated rings. The number of halogens is 1. The van der Waals surface area contributed by atoms with E-state index in [9.17, 15) is 0 Å². The second-order valence-electron chi connectivity index (χ2n) is 5.20. The Hall–Kier alpha value is -1.67. The number of hydrogen-bond donors (Lipinski definition) is 1. The van der Waals surface area contributed by atoms with Crippen LogP contribution < -0.4 is 10.1 Å². The summed E-state index contributed by atoms with van der Waals surface area (Å²) in [5.41, 5.74) is 3.89. The highest BCUT2D eigenvalue weighted by Crippen LogP contribution is 2.30. The van der Waals surface area contributed by atoms with Crippen molar-refractivity contribution in [3.8, 4) is 5.75 Å². The van der Waals surface area contributed by atoms with Crippen molar-refractivity contribution in [2.45, 2.75) is 25.3 Å². The first kappa shape index (κ1) is 13.3. The van der Waals surface area contributed by atoms with Crippen LogP contribution in [0.2, 0.25) is 5.02 Å². The molecule has 1 unspecified atom stereocenters. The summed E-state index contributed by atoms with van der Waals surface area (Å²) in [4.78, 5) is 0. The van der Waals surface area contributed by atoms with Gasteiger partial charge in [-0.05, 0) is 48.6 Å². The maximum Gasteiger partial charge on any atom is 0.142 e. The van der Waals surface area contributed by atoms with E-state index in [4.69, 9.17) is 16.3 Å². The summed E-state index contributed by atoms with van der Waals surface area (Å²) in [5, 5.41) is 4.30. The van der Waals surface area contributed by atoms with Crippen molar-refractivity contribution in [2.75, 3.05) is 12.4 Å². The van der Waals surface area contributed by atoms with E-state index in [0.717, 1.165) is 35.7 Å². The lowest BCUT2D eigenvalue weighted by Gasteiger charge is -2.27. The molecule has 1 aliphatic rings. The molecule has 1 atom stereocenters. The number of anilines is 1. The molecule has 104 valence electrons. The molecule has 20 heavy (non-hydrogen) atoms. The van der Waals surface area contributed by atoms with Crippen LogP contribution in [0.25, 0.3) is 0 Å². The number of ether oxygens (including phenoxy) is 1. The number of methoxy groups -OCH3 is 1. The van der Waals surface area contributed by atoms with E-state index >= 15 is 0 Å². The standard InChI is InChI=1S/C17H18ClNO/c1-20-17-9-7-14(18)11-16(17)19-15-8-6-12-4-2-3-5-13(12)10-15/h2-5,7,9,11,15,19H,6,8,10H2,1H3. The Morgan fingerprint density at radius 3 is 2.75 bits per heavy atom. The third-order valence-corrected chi connectivity index (χ3v) is 4.10. The zero-order valence-corrected chi connectivity index (χ0v) is 12.3. The number of rotatable bonds is 3. The topological polar surface area (TPSA) is 21.3 Å². The van der Waals surface area contributed by atoms with Gasteiger partial charge in [0.1, 0.15) is 5.75 Å². The van der Waals surface area contributed by atoms with Gasteiger partial charge < -0.3 is 10.1 Å². The van der Waals surface area contributed by atoms with Crippen LogP contribution in [0.4, 0.5) is 5.69 Å². The van der Waals surface area contributed by atoms with Crippen molar-refractivity contribution in [3.05, 3.63) is 58.6 Å². The second-order valence-corrected chi connectivity index (χ2v) is 5.63. The minimum atomic E-state index is 0.428. The molecule has 1 aliphatic carbocycles. The molecule has 0 saturated carbocycles. The first-order valence-electron chi connectivity index (χ1n) is 6.93. The molecule has 0 amide bonds. The molecule has 3 heteroatoms. The van der Waals surface area contributed by atoms with Gasteiger partial charge in [0.05, 0.1) is 12.8 Å². The normalized spacial score (nSPS) is 17.4. The van der Waals surface area contributed by atoms with Gasteiger partial charge in [0.2, 0.25) is 0 Å². The summed E-state index contributed by atoms with van der Waals surface area (Å²) in [7, 11) is 1.69. The summed E-state index contributed by atoms with van der Waals surface area (Å²) in [6.45, 7) is 0. The van der Waals surface area contributed by atoms with Crippen LogP contribution in [0.3, 0.4) is 0 Å². The van der Waals surface area contributed by atoms with Crippen LogP contribution in [-0.4, -0.2) is 13.2 Å². The molecule has 0 bridgehead atoms. The maximum atomic E-state index is 6.08. The Balaban J connectivity index is 1.78. The van der Waals surface area contributed by atoms with Gasteiger partial charge in [-0.3, -0.25) is 0 Å². The fourth-order valence-corrected chi connectivity index (χ4v) is 3.01. The van der Waals surface area contributed by atoms with Gasteiger partial charge in [-0.2, -0.15) is 0 Å². The van der Waals surface area contributed by atoms with Crippen LogP contribution in [-0.2, 0) is 12.8 Å². The summed E-state index contributed by atoms with van der Waals surface area (Å²) in [6.07, 6.45) is 3.30. The molecule has 0 aromatic heterocycles. The van der Waals surface area contributed by atoms with E-state index in [1.807, 2.05) is 18.2 Å². The number of aryl methyl sites for hydroxylation is 1. The summed E-state index contributed by atoms with van der Waals surface area (Å²) < 4.78 is 5.39. The maximum absolute atomic E-state index is 6.08. The highest BCUT2D eigenvalue weighted by molar-refractivity contribution is 6.30. The van der Waals surface area contributed by atoms with Crippen LogP contribution in [0.1, 0.15) is 17.5 Å². The van der Waals surface area contributed by atoms with E-state index in [2.05, 4.69) is 29.6 Å². The van der Waals surface area contributed by atoms with E-state index in [1.54, 1.807) is 7.11 Å². The predicted octanol–water partition coefficient (Wildman–Crippen LogP) is 4.32. The van der Waals surface area contributed by atoms with Gasteiger partial charge in [-0.25, -0.2) is 0 Å². The van der Waals surface area contributed by atoms with E-state index in [0.29, 0.717) is 6.04 Å². The molecule has 0 spiro atoms. The minimum absolute atomic E-state index is 0.428. The third kappa shape index (κ3) is 2.75.